The summed E-state index contributed by atoms with van der Waals surface area (Å²) in [5.74, 6) is -0.339. The van der Waals surface area contributed by atoms with Crippen LogP contribution >= 0.6 is 0 Å². The van der Waals surface area contributed by atoms with Crippen LogP contribution in [0.25, 0.3) is 11.0 Å². The van der Waals surface area contributed by atoms with Gasteiger partial charge in [0.05, 0.1) is 0 Å². The number of carbonyl (C=O) groups is 1. The van der Waals surface area contributed by atoms with Crippen molar-refractivity contribution in [3.8, 4) is 0 Å². The molecule has 134 valence electrons. The molecule has 0 saturated heterocycles. The maximum Gasteiger partial charge on any atom is 0.299 e. The van der Waals surface area contributed by atoms with E-state index in [0.29, 0.717) is 17.0 Å². The molecular formula is C17H17N5O3S. The fourth-order valence-corrected chi connectivity index (χ4v) is 3.22. The molecule has 3 aromatic rings. The molecule has 0 aliphatic heterocycles. The fourth-order valence-electron chi connectivity index (χ4n) is 2.35. The number of hydrogen-bond donors (Lipinski definition) is 4. The molecule has 2 heterocycles. The van der Waals surface area contributed by atoms with Crippen LogP contribution in [0.3, 0.4) is 0 Å². The molecule has 0 fully saturated rings. The fraction of sp³-hybridized carbons (Fsp3) is 0.0588. The molecule has 2 aromatic heterocycles. The minimum absolute atomic E-state index is 0.125. The maximum absolute atomic E-state index is 12.2. The van der Waals surface area contributed by atoms with E-state index in [1.54, 1.807) is 42.7 Å². The summed E-state index contributed by atoms with van der Waals surface area (Å²) < 4.78 is 29.4. The van der Waals surface area contributed by atoms with Crippen molar-refractivity contribution in [2.45, 2.75) is 6.54 Å². The Morgan fingerprint density at radius 1 is 1.15 bits per heavy atom. The summed E-state index contributed by atoms with van der Waals surface area (Å²) in [6, 6.07) is 9.88. The van der Waals surface area contributed by atoms with E-state index >= 15 is 0 Å². The van der Waals surface area contributed by atoms with Crippen molar-refractivity contribution >= 4 is 38.5 Å². The van der Waals surface area contributed by atoms with Crippen LogP contribution in [0.4, 0.5) is 11.4 Å². The van der Waals surface area contributed by atoms with Gasteiger partial charge in [-0.1, -0.05) is 6.58 Å². The third-order valence-electron chi connectivity index (χ3n) is 3.59. The summed E-state index contributed by atoms with van der Waals surface area (Å²) >= 11 is 0. The predicted octanol–water partition coefficient (Wildman–Crippen LogP) is 2.13. The summed E-state index contributed by atoms with van der Waals surface area (Å²) in [6.45, 7) is 3.49. The van der Waals surface area contributed by atoms with Crippen molar-refractivity contribution in [3.63, 3.8) is 0 Å². The molecule has 4 N–H and O–H groups in total. The number of nitrogens with zero attached hydrogens (tertiary/aromatic N) is 1. The van der Waals surface area contributed by atoms with E-state index in [2.05, 4.69) is 31.3 Å². The first kappa shape index (κ1) is 17.6. The second kappa shape index (κ2) is 7.38. The zero-order valence-corrected chi connectivity index (χ0v) is 14.5. The number of amides is 1. The average Bonchev–Trinajstić information content (AvgIpc) is 3.10. The minimum Gasteiger partial charge on any atom is -0.346 e. The lowest BCUT2D eigenvalue weighted by Crippen LogP contribution is -2.29. The maximum atomic E-state index is 12.2. The van der Waals surface area contributed by atoms with Crippen molar-refractivity contribution in [2.75, 3.05) is 10.0 Å². The molecule has 1 amide bonds. The van der Waals surface area contributed by atoms with Crippen molar-refractivity contribution < 1.29 is 13.2 Å². The van der Waals surface area contributed by atoms with Crippen molar-refractivity contribution in [1.29, 1.82) is 0 Å². The molecule has 0 aliphatic carbocycles. The van der Waals surface area contributed by atoms with Crippen LogP contribution in [0, 0.1) is 0 Å². The van der Waals surface area contributed by atoms with Gasteiger partial charge in [-0.25, -0.2) is 4.98 Å². The lowest BCUT2D eigenvalue weighted by molar-refractivity contribution is -0.111. The topological polar surface area (TPSA) is 116 Å². The standard InChI is InChI=1S/C17H17N5O3S/c1-2-16(23)21-13-3-5-14(6-4-13)22-26(24,25)20-11-12-7-9-18-17-15(12)8-10-19-17/h2-10,20,22H,1,11H2,(H,18,19)(H,21,23). The monoisotopic (exact) mass is 371 g/mol. The van der Waals surface area contributed by atoms with Gasteiger partial charge in [0.1, 0.15) is 5.65 Å². The number of rotatable bonds is 7. The zero-order valence-electron chi connectivity index (χ0n) is 13.7. The quantitative estimate of drug-likeness (QED) is 0.476. The Hall–Kier alpha value is -3.17. The van der Waals surface area contributed by atoms with Crippen LogP contribution in [0.5, 0.6) is 0 Å². The molecule has 0 aliphatic rings. The number of anilines is 2. The number of pyridine rings is 1. The molecule has 0 radical (unpaired) electrons. The summed E-state index contributed by atoms with van der Waals surface area (Å²) in [7, 11) is -3.76. The molecule has 0 spiro atoms. The number of aromatic amines is 1. The molecule has 1 aromatic carbocycles. The number of aromatic nitrogens is 2. The van der Waals surface area contributed by atoms with Crippen molar-refractivity contribution in [1.82, 2.24) is 14.7 Å². The van der Waals surface area contributed by atoms with Crippen LogP contribution in [0.1, 0.15) is 5.56 Å². The number of benzene rings is 1. The van der Waals surface area contributed by atoms with E-state index < -0.39 is 10.2 Å². The molecule has 3 rings (SSSR count). The summed E-state index contributed by atoms with van der Waals surface area (Å²) in [5.41, 5.74) is 2.42. The first-order valence-electron chi connectivity index (χ1n) is 7.69. The van der Waals surface area contributed by atoms with Gasteiger partial charge in [-0.2, -0.15) is 13.1 Å². The second-order valence-electron chi connectivity index (χ2n) is 5.41. The molecule has 8 nitrogen and oxygen atoms in total. The predicted molar refractivity (Wildman–Crippen MR) is 101 cm³/mol. The molecule has 9 heteroatoms. The number of hydrogen-bond acceptors (Lipinski definition) is 4. The Bertz CT molecular complexity index is 1040. The number of H-pyrrole nitrogens is 1. The normalized spacial score (nSPS) is 11.2. The molecule has 0 bridgehead atoms. The number of fused-ring (bicyclic) bond motifs is 1. The Morgan fingerprint density at radius 2 is 1.88 bits per heavy atom. The van der Waals surface area contributed by atoms with Crippen LogP contribution < -0.4 is 14.8 Å². The van der Waals surface area contributed by atoms with Gasteiger partial charge in [0.2, 0.25) is 5.91 Å². The number of carbonyl (C=O) groups excluding carboxylic acids is 1. The van der Waals surface area contributed by atoms with Gasteiger partial charge < -0.3 is 10.3 Å². The lowest BCUT2D eigenvalue weighted by Gasteiger charge is -2.10. The van der Waals surface area contributed by atoms with E-state index in [4.69, 9.17) is 0 Å². The Labute approximate surface area is 150 Å². The Morgan fingerprint density at radius 3 is 2.62 bits per heavy atom. The van der Waals surface area contributed by atoms with E-state index in [-0.39, 0.29) is 12.5 Å². The smallest absolute Gasteiger partial charge is 0.299 e. The molecular weight excluding hydrogens is 354 g/mol. The average molecular weight is 371 g/mol. The van der Waals surface area contributed by atoms with Crippen LogP contribution in [0.15, 0.2) is 61.4 Å². The summed E-state index contributed by atoms with van der Waals surface area (Å²) in [4.78, 5) is 18.4. The van der Waals surface area contributed by atoms with Gasteiger partial charge in [-0.3, -0.25) is 9.52 Å². The summed E-state index contributed by atoms with van der Waals surface area (Å²) in [5, 5.41) is 3.44. The first-order chi connectivity index (χ1) is 12.5. The SMILES string of the molecule is C=CC(=O)Nc1ccc(NS(=O)(=O)NCc2ccnc3[nH]ccc23)cc1. The van der Waals surface area contributed by atoms with Gasteiger partial charge in [-0.15, -0.1) is 0 Å². The Balaban J connectivity index is 1.64. The largest absolute Gasteiger partial charge is 0.346 e. The molecule has 26 heavy (non-hydrogen) atoms. The van der Waals surface area contributed by atoms with Gasteiger partial charge in [0.15, 0.2) is 0 Å². The van der Waals surface area contributed by atoms with E-state index in [0.717, 1.165) is 17.0 Å². The van der Waals surface area contributed by atoms with Gasteiger partial charge in [0.25, 0.3) is 10.2 Å². The van der Waals surface area contributed by atoms with Crippen LogP contribution in [-0.4, -0.2) is 24.3 Å². The lowest BCUT2D eigenvalue weighted by atomic mass is 10.2. The van der Waals surface area contributed by atoms with E-state index in [1.165, 1.54) is 0 Å². The number of nitrogens with one attached hydrogen (secondary N) is 4. The molecule has 0 atom stereocenters. The minimum atomic E-state index is -3.76. The highest BCUT2D eigenvalue weighted by atomic mass is 32.2. The second-order valence-corrected chi connectivity index (χ2v) is 6.91. The third-order valence-corrected chi connectivity index (χ3v) is 4.62. The van der Waals surface area contributed by atoms with Gasteiger partial charge >= 0.3 is 0 Å². The molecule has 0 saturated carbocycles. The van der Waals surface area contributed by atoms with Gasteiger partial charge in [0, 0.05) is 35.7 Å². The van der Waals surface area contributed by atoms with Crippen molar-refractivity contribution in [2.24, 2.45) is 0 Å². The molecule has 0 unspecified atom stereocenters. The van der Waals surface area contributed by atoms with E-state index in [9.17, 15) is 13.2 Å². The third kappa shape index (κ3) is 4.26. The van der Waals surface area contributed by atoms with Crippen molar-refractivity contribution in [3.05, 3.63) is 67.0 Å². The summed E-state index contributed by atoms with van der Waals surface area (Å²) in [6.07, 6.45) is 4.52. The van der Waals surface area contributed by atoms with Crippen LogP contribution in [-0.2, 0) is 21.5 Å². The van der Waals surface area contributed by atoms with E-state index in [1.807, 2.05) is 6.07 Å². The highest BCUT2D eigenvalue weighted by Gasteiger charge is 2.11. The van der Waals surface area contributed by atoms with Crippen LogP contribution in [0.2, 0.25) is 0 Å². The Kier molecular flexibility index (Phi) is 5.01. The first-order valence-corrected chi connectivity index (χ1v) is 9.17. The zero-order chi connectivity index (χ0) is 18.6. The van der Waals surface area contributed by atoms with Gasteiger partial charge in [-0.05, 0) is 48.0 Å². The highest BCUT2D eigenvalue weighted by Crippen LogP contribution is 2.16. The highest BCUT2D eigenvalue weighted by molar-refractivity contribution is 7.90.